The van der Waals surface area contributed by atoms with Crippen molar-refractivity contribution in [1.29, 1.82) is 0 Å². The Kier molecular flexibility index (Phi) is 7.51. The highest BCUT2D eigenvalue weighted by Crippen LogP contribution is 2.30. The van der Waals surface area contributed by atoms with Crippen molar-refractivity contribution >= 4 is 27.1 Å². The lowest BCUT2D eigenvalue weighted by molar-refractivity contribution is 0.207. The van der Waals surface area contributed by atoms with Gasteiger partial charge in [-0.15, -0.1) is 0 Å². The predicted molar refractivity (Wildman–Crippen MR) is 138 cm³/mol. The zero-order valence-corrected chi connectivity index (χ0v) is 20.7. The minimum atomic E-state index is -3.71. The molecular weight excluding hydrogens is 462 g/mol. The van der Waals surface area contributed by atoms with Crippen LogP contribution in [-0.4, -0.2) is 30.3 Å². The lowest BCUT2D eigenvalue weighted by atomic mass is 10.0. The Morgan fingerprint density at radius 1 is 0.971 bits per heavy atom. The second kappa shape index (κ2) is 10.7. The number of ether oxygens (including phenoxy) is 1. The molecule has 8 heteroatoms. The number of hydrogen-bond donors (Lipinski definition) is 1. The average molecular weight is 492 g/mol. The molecule has 0 unspecified atom stereocenters. The lowest BCUT2D eigenvalue weighted by Gasteiger charge is -2.12. The molecule has 0 aliphatic rings. The van der Waals surface area contributed by atoms with Gasteiger partial charge in [0.15, 0.2) is 0 Å². The maximum atomic E-state index is 12.0. The fourth-order valence-electron chi connectivity index (χ4n) is 4.06. The van der Waals surface area contributed by atoms with Crippen LogP contribution in [0.5, 0.6) is 5.75 Å². The number of nitrogens with one attached hydrogen (secondary N) is 1. The van der Waals surface area contributed by atoms with Crippen LogP contribution in [0.4, 0.5) is 4.79 Å². The summed E-state index contributed by atoms with van der Waals surface area (Å²) in [6.45, 7) is 2.91. The number of rotatable bonds is 9. The summed E-state index contributed by atoms with van der Waals surface area (Å²) in [5, 5.41) is 0. The third-order valence-electron chi connectivity index (χ3n) is 5.70. The Morgan fingerprint density at radius 3 is 2.43 bits per heavy atom. The Bertz CT molecular complexity index is 1430. The molecule has 0 saturated carbocycles. The minimum absolute atomic E-state index is 0.278. The first-order valence-electron chi connectivity index (χ1n) is 11.7. The summed E-state index contributed by atoms with van der Waals surface area (Å²) in [5.41, 5.74) is 4.81. The number of imidazole rings is 1. The fourth-order valence-corrected chi connectivity index (χ4v) is 4.41. The molecule has 0 spiro atoms. The molecule has 0 aliphatic heterocycles. The summed E-state index contributed by atoms with van der Waals surface area (Å²) in [6, 6.07) is 23.3. The summed E-state index contributed by atoms with van der Waals surface area (Å²) < 4.78 is 32.0. The van der Waals surface area contributed by atoms with E-state index in [9.17, 15) is 13.2 Å². The average Bonchev–Trinajstić information content (AvgIpc) is 3.16. The van der Waals surface area contributed by atoms with Gasteiger partial charge in [-0.2, -0.15) is 0 Å². The lowest BCUT2D eigenvalue weighted by Crippen LogP contribution is -2.32. The highest BCUT2D eigenvalue weighted by molar-refractivity contribution is 7.89. The van der Waals surface area contributed by atoms with Crippen LogP contribution in [-0.2, 0) is 23.0 Å². The van der Waals surface area contributed by atoms with Crippen LogP contribution >= 0.6 is 0 Å². The third-order valence-corrected chi connectivity index (χ3v) is 6.24. The van der Waals surface area contributed by atoms with Gasteiger partial charge >= 0.3 is 6.09 Å². The first kappa shape index (κ1) is 24.5. The fraction of sp³-hybridized carbons (Fsp3) is 0.259. The van der Waals surface area contributed by atoms with Gasteiger partial charge in [-0.05, 0) is 35.7 Å². The van der Waals surface area contributed by atoms with Gasteiger partial charge in [-0.3, -0.25) is 0 Å². The summed E-state index contributed by atoms with van der Waals surface area (Å²) in [7, 11) is -3.71. The van der Waals surface area contributed by atoms with Gasteiger partial charge in [0.05, 0.1) is 17.3 Å². The second-order valence-corrected chi connectivity index (χ2v) is 10.3. The zero-order valence-electron chi connectivity index (χ0n) is 19.9. The number of aryl methyl sites for hydroxylation is 1. The number of fused-ring (bicyclic) bond motifs is 1. The van der Waals surface area contributed by atoms with E-state index in [1.807, 2.05) is 53.3 Å². The zero-order chi connectivity index (χ0) is 24.8. The summed E-state index contributed by atoms with van der Waals surface area (Å²) in [5.74, 6) is 1.37. The van der Waals surface area contributed by atoms with Crippen LogP contribution in [0.25, 0.3) is 22.2 Å². The molecule has 182 valence electrons. The molecule has 1 aromatic heterocycles. The number of sulfonamides is 1. The van der Waals surface area contributed by atoms with Crippen molar-refractivity contribution in [2.75, 3.05) is 6.26 Å². The number of aromatic nitrogens is 2. The van der Waals surface area contributed by atoms with E-state index in [1.165, 1.54) is 12.8 Å². The van der Waals surface area contributed by atoms with E-state index >= 15 is 0 Å². The van der Waals surface area contributed by atoms with Crippen molar-refractivity contribution in [3.8, 4) is 16.9 Å². The highest BCUT2D eigenvalue weighted by Gasteiger charge is 2.15. The molecule has 0 radical (unpaired) electrons. The number of nitrogens with zero attached hydrogens (tertiary/aromatic N) is 2. The molecule has 0 bridgehead atoms. The largest absolute Gasteiger partial charge is 0.426 e. The molecule has 1 N–H and O–H groups in total. The molecule has 0 aliphatic carbocycles. The standard InChI is InChI=1S/C27H29N3O4S/c1-3-4-5-14-26-28-23-11-7-8-12-24(23)30(26)19-20-15-17-21(18-16-20)22-10-6-9-13-25(22)34-27(31)29-35(2,32)33/h6-13,15-18H,3-5,14,19H2,1-2H3,(H,29,31). The van der Waals surface area contributed by atoms with Gasteiger partial charge in [0.25, 0.3) is 0 Å². The van der Waals surface area contributed by atoms with Crippen molar-refractivity contribution < 1.29 is 17.9 Å². The normalized spacial score (nSPS) is 11.5. The van der Waals surface area contributed by atoms with Crippen LogP contribution in [0, 0.1) is 0 Å². The van der Waals surface area contributed by atoms with Gasteiger partial charge in [0, 0.05) is 18.5 Å². The SMILES string of the molecule is CCCCCc1nc2ccccc2n1Cc1ccc(-c2ccccc2OC(=O)NS(C)(=O)=O)cc1. The van der Waals surface area contributed by atoms with Gasteiger partial charge in [0.1, 0.15) is 11.6 Å². The summed E-state index contributed by atoms with van der Waals surface area (Å²) in [6.07, 6.45) is 4.27. The maximum Gasteiger partial charge on any atom is 0.426 e. The topological polar surface area (TPSA) is 90.3 Å². The molecule has 4 aromatic rings. The molecule has 0 saturated heterocycles. The monoisotopic (exact) mass is 491 g/mol. The molecule has 0 atom stereocenters. The number of hydrogen-bond acceptors (Lipinski definition) is 5. The number of carbonyl (C=O) groups is 1. The molecule has 0 fully saturated rings. The summed E-state index contributed by atoms with van der Waals surface area (Å²) in [4.78, 5) is 16.8. The Balaban J connectivity index is 1.57. The van der Waals surface area contributed by atoms with Crippen LogP contribution in [0.1, 0.15) is 37.6 Å². The molecule has 4 rings (SSSR count). The van der Waals surface area contributed by atoms with Gasteiger partial charge in [-0.1, -0.05) is 74.4 Å². The van der Waals surface area contributed by atoms with Gasteiger partial charge in [0.2, 0.25) is 10.0 Å². The quantitative estimate of drug-likeness (QED) is 0.311. The summed E-state index contributed by atoms with van der Waals surface area (Å²) >= 11 is 0. The van der Waals surface area contributed by atoms with Crippen molar-refractivity contribution in [1.82, 2.24) is 14.3 Å². The van der Waals surface area contributed by atoms with Crippen molar-refractivity contribution in [2.24, 2.45) is 0 Å². The molecule has 1 amide bonds. The Morgan fingerprint density at radius 2 is 1.69 bits per heavy atom. The molecular formula is C27H29N3O4S. The Labute approximate surface area is 205 Å². The second-order valence-electron chi connectivity index (χ2n) is 8.52. The molecule has 35 heavy (non-hydrogen) atoms. The number of unbranched alkanes of at least 4 members (excludes halogenated alkanes) is 2. The van der Waals surface area contributed by atoms with Crippen LogP contribution in [0.2, 0.25) is 0 Å². The Hall–Kier alpha value is -3.65. The molecule has 3 aromatic carbocycles. The van der Waals surface area contributed by atoms with E-state index in [0.29, 0.717) is 12.1 Å². The van der Waals surface area contributed by atoms with Crippen molar-refractivity contribution in [2.45, 2.75) is 39.2 Å². The maximum absolute atomic E-state index is 12.0. The molecule has 7 nitrogen and oxygen atoms in total. The van der Waals surface area contributed by atoms with Crippen LogP contribution in [0.3, 0.4) is 0 Å². The van der Waals surface area contributed by atoms with E-state index in [0.717, 1.165) is 47.1 Å². The number of para-hydroxylation sites is 3. The smallest absolute Gasteiger partial charge is 0.409 e. The van der Waals surface area contributed by atoms with E-state index in [-0.39, 0.29) is 5.75 Å². The first-order chi connectivity index (χ1) is 16.8. The number of amides is 1. The van der Waals surface area contributed by atoms with Crippen molar-refractivity contribution in [3.63, 3.8) is 0 Å². The van der Waals surface area contributed by atoms with E-state index in [4.69, 9.17) is 9.72 Å². The van der Waals surface area contributed by atoms with Crippen LogP contribution in [0.15, 0.2) is 72.8 Å². The van der Waals surface area contributed by atoms with Crippen LogP contribution < -0.4 is 9.46 Å². The predicted octanol–water partition coefficient (Wildman–Crippen LogP) is 5.53. The van der Waals surface area contributed by atoms with Gasteiger partial charge in [-0.25, -0.2) is 22.9 Å². The van der Waals surface area contributed by atoms with E-state index in [2.05, 4.69) is 23.6 Å². The van der Waals surface area contributed by atoms with E-state index in [1.54, 1.807) is 12.1 Å². The molecule has 1 heterocycles. The van der Waals surface area contributed by atoms with Gasteiger partial charge < -0.3 is 9.30 Å². The number of benzene rings is 3. The number of carbonyl (C=O) groups excluding carboxylic acids is 1. The first-order valence-corrected chi connectivity index (χ1v) is 13.6. The van der Waals surface area contributed by atoms with Crippen molar-refractivity contribution in [3.05, 3.63) is 84.2 Å². The third kappa shape index (κ3) is 6.27. The van der Waals surface area contributed by atoms with E-state index < -0.39 is 16.1 Å². The minimum Gasteiger partial charge on any atom is -0.409 e. The highest BCUT2D eigenvalue weighted by atomic mass is 32.2.